The molecule has 6 N–H and O–H groups in total. The molecule has 1 radical (unpaired) electrons. The minimum atomic E-state index is -0.833. The van der Waals surface area contributed by atoms with Gasteiger partial charge in [0.25, 0.3) is 0 Å². The Morgan fingerprint density at radius 1 is 1.33 bits per heavy atom. The maximum absolute atomic E-state index is 9.00. The Morgan fingerprint density at radius 2 is 1.33 bits per heavy atom. The predicted molar refractivity (Wildman–Crippen MR) is 17.4 cm³/mol. The minimum absolute atomic E-state index is 0. The van der Waals surface area contributed by atoms with E-state index in [9.17, 15) is 0 Å². The molecule has 0 spiro atoms. The van der Waals surface area contributed by atoms with Crippen LogP contribution in [0.1, 0.15) is 0 Å². The zero-order chi connectivity index (χ0) is 3.58. The van der Waals surface area contributed by atoms with Crippen LogP contribution >= 0.6 is 0 Å². The van der Waals surface area contributed by atoms with E-state index in [1.54, 1.807) is 0 Å². The first kappa shape index (κ1) is 16.1. The summed E-state index contributed by atoms with van der Waals surface area (Å²) in [4.78, 5) is 9.00. The smallest absolute Gasteiger partial charge is 0.309 e. The summed E-state index contributed by atoms with van der Waals surface area (Å²) in [5, 5.41) is 0. The van der Waals surface area contributed by atoms with E-state index in [2.05, 4.69) is 11.5 Å². The summed E-state index contributed by atoms with van der Waals surface area (Å²) < 4.78 is 0. The topological polar surface area (TPSA) is 101 Å². The Balaban J connectivity index is -0.0000000450. The molecule has 0 bridgehead atoms. The summed E-state index contributed by atoms with van der Waals surface area (Å²) in [5.74, 6) is 0. The van der Waals surface area contributed by atoms with Gasteiger partial charge in [-0.1, -0.05) is 0 Å². The number of rotatable bonds is 0. The van der Waals surface area contributed by atoms with Gasteiger partial charge >= 0.3 is 6.03 Å². The molecular weight excluding hydrogens is 247 g/mol. The van der Waals surface area contributed by atoms with E-state index in [1.807, 2.05) is 0 Å². The molecule has 0 unspecified atom stereocenters. The van der Waals surface area contributed by atoms with E-state index in [0.717, 1.165) is 0 Å². The molecule has 47 valence electrons. The van der Waals surface area contributed by atoms with Gasteiger partial charge in [0.15, 0.2) is 0 Å². The third-order valence-electron chi connectivity index (χ3n) is 0. The van der Waals surface area contributed by atoms with Gasteiger partial charge in [-0.3, -0.25) is 0 Å². The molecule has 0 heterocycles. The van der Waals surface area contributed by atoms with Crippen molar-refractivity contribution in [1.82, 2.24) is 0 Å². The van der Waals surface area contributed by atoms with Crippen LogP contribution in [0.4, 0.5) is 4.79 Å². The van der Waals surface area contributed by atoms with E-state index in [4.69, 9.17) is 4.79 Å². The maximum atomic E-state index is 9.00. The largest absolute Gasteiger partial charge is 0.412 e. The molecule has 0 aliphatic carbocycles. The molecule has 0 saturated heterocycles. The molecule has 6 heavy (non-hydrogen) atoms. The first-order chi connectivity index (χ1) is 1.73. The van der Waals surface area contributed by atoms with Gasteiger partial charge in [0.2, 0.25) is 0 Å². The van der Waals surface area contributed by atoms with Crippen LogP contribution in [0.25, 0.3) is 0 Å². The van der Waals surface area contributed by atoms with Gasteiger partial charge in [-0.05, 0) is 0 Å². The fourth-order valence-corrected chi connectivity index (χ4v) is 0. The van der Waals surface area contributed by atoms with Crippen LogP contribution in [0.5, 0.6) is 0 Å². The Hall–Kier alpha value is 0.464. The number of hydrogen-bond donors (Lipinski definition) is 2. The van der Waals surface area contributed by atoms with Gasteiger partial charge < -0.3 is 16.9 Å². The second kappa shape index (κ2) is 9.07. The number of primary amides is 2. The second-order valence-corrected chi connectivity index (χ2v) is 0.402. The summed E-state index contributed by atoms with van der Waals surface area (Å²) >= 11 is 0. The Bertz CT molecular complexity index is 34.5. The SMILES string of the molecule is NC(N)=O.O.[Lu]. The number of nitrogens with two attached hydrogens (primary N) is 2. The normalized spacial score (nSPS) is 4.00. The molecule has 2 amide bonds. The van der Waals surface area contributed by atoms with Crippen molar-refractivity contribution in [2.75, 3.05) is 0 Å². The van der Waals surface area contributed by atoms with E-state index in [1.165, 1.54) is 0 Å². The van der Waals surface area contributed by atoms with Crippen molar-refractivity contribution in [3.63, 3.8) is 0 Å². The molecule has 0 aliphatic heterocycles. The summed E-state index contributed by atoms with van der Waals surface area (Å²) in [6.45, 7) is 0. The van der Waals surface area contributed by atoms with Gasteiger partial charge in [-0.25, -0.2) is 4.79 Å². The fraction of sp³-hybridized carbons (Fsp3) is 0. The molecule has 0 saturated carbocycles. The van der Waals surface area contributed by atoms with E-state index >= 15 is 0 Å². The quantitative estimate of drug-likeness (QED) is 0.522. The number of carbonyl (C=O) groups is 1. The summed E-state index contributed by atoms with van der Waals surface area (Å²) in [6, 6.07) is -0.833. The zero-order valence-corrected chi connectivity index (χ0v) is 4.48. The molecule has 0 aromatic heterocycles. The number of hydrogen-bond acceptors (Lipinski definition) is 1. The molecule has 0 fully saturated rings. The molecule has 0 aromatic rings. The fourth-order valence-electron chi connectivity index (χ4n) is 0. The number of urea groups is 1. The van der Waals surface area contributed by atoms with E-state index in [0.29, 0.717) is 0 Å². The third-order valence-corrected chi connectivity index (χ3v) is 0. The second-order valence-electron chi connectivity index (χ2n) is 0.402. The van der Waals surface area contributed by atoms with Crippen LogP contribution in [-0.2, 0) is 0 Å². The molecule has 5 heteroatoms. The van der Waals surface area contributed by atoms with Gasteiger partial charge in [0, 0.05) is 36.9 Å². The molecule has 0 aliphatic rings. The molecule has 4 nitrogen and oxygen atoms in total. The molecule has 0 rings (SSSR count). The molecule has 0 aromatic carbocycles. The van der Waals surface area contributed by atoms with Crippen molar-refractivity contribution in [1.29, 1.82) is 0 Å². The summed E-state index contributed by atoms with van der Waals surface area (Å²) in [7, 11) is 0. The van der Waals surface area contributed by atoms with Crippen LogP contribution < -0.4 is 11.5 Å². The monoisotopic (exact) mass is 253 g/mol. The zero-order valence-electron chi connectivity index (χ0n) is 2.82. The van der Waals surface area contributed by atoms with Crippen LogP contribution in [0.15, 0.2) is 0 Å². The standard InChI is InChI=1S/CH4N2O.Lu.H2O/c2-1(3)4;;/h(H4,2,3,4);;1H2. The predicted octanol–water partition coefficient (Wildman–Crippen LogP) is -1.80. The Labute approximate surface area is 64.4 Å². The van der Waals surface area contributed by atoms with Crippen LogP contribution in [0.3, 0.4) is 0 Å². The van der Waals surface area contributed by atoms with Crippen LogP contribution in [-0.4, -0.2) is 11.5 Å². The Morgan fingerprint density at radius 3 is 1.33 bits per heavy atom. The van der Waals surface area contributed by atoms with Crippen molar-refractivity contribution in [2.24, 2.45) is 11.5 Å². The maximum Gasteiger partial charge on any atom is 0.309 e. The first-order valence-corrected chi connectivity index (χ1v) is 0.781. The van der Waals surface area contributed by atoms with Gasteiger partial charge in [0.1, 0.15) is 0 Å². The van der Waals surface area contributed by atoms with Crippen molar-refractivity contribution in [3.8, 4) is 0 Å². The number of amides is 2. The van der Waals surface area contributed by atoms with Gasteiger partial charge in [-0.15, -0.1) is 0 Å². The Kier molecular flexibility index (Phi) is 24.3. The average molecular weight is 253 g/mol. The first-order valence-electron chi connectivity index (χ1n) is 0.781. The van der Waals surface area contributed by atoms with E-state index < -0.39 is 6.03 Å². The molecule has 0 atom stereocenters. The molecular formula is CH6LuN2O2. The van der Waals surface area contributed by atoms with Gasteiger partial charge in [0.05, 0.1) is 0 Å². The van der Waals surface area contributed by atoms with E-state index in [-0.39, 0.29) is 42.4 Å². The van der Waals surface area contributed by atoms with Crippen molar-refractivity contribution < 1.29 is 47.1 Å². The summed E-state index contributed by atoms with van der Waals surface area (Å²) in [5.41, 5.74) is 8.50. The number of carbonyl (C=O) groups excluding carboxylic acids is 1. The van der Waals surface area contributed by atoms with Gasteiger partial charge in [-0.2, -0.15) is 0 Å². The van der Waals surface area contributed by atoms with Crippen molar-refractivity contribution >= 4 is 6.03 Å². The average Bonchev–Trinajstić information content (AvgIpc) is 0.811. The third kappa shape index (κ3) is 249. The minimum Gasteiger partial charge on any atom is -0.412 e. The summed E-state index contributed by atoms with van der Waals surface area (Å²) in [6.07, 6.45) is 0. The van der Waals surface area contributed by atoms with Crippen LogP contribution in [0.2, 0.25) is 0 Å². The van der Waals surface area contributed by atoms with Crippen LogP contribution in [0, 0.1) is 36.9 Å². The van der Waals surface area contributed by atoms with Crippen molar-refractivity contribution in [3.05, 3.63) is 0 Å². The van der Waals surface area contributed by atoms with Crippen molar-refractivity contribution in [2.45, 2.75) is 0 Å².